The van der Waals surface area contributed by atoms with E-state index in [1.165, 1.54) is 11.3 Å². The predicted molar refractivity (Wildman–Crippen MR) is 104 cm³/mol. The Hall–Kier alpha value is -2.03. The molecule has 0 radical (unpaired) electrons. The first-order valence-corrected chi connectivity index (χ1v) is 9.55. The van der Waals surface area contributed by atoms with E-state index in [1.54, 1.807) is 12.4 Å². The van der Waals surface area contributed by atoms with Gasteiger partial charge in [-0.25, -0.2) is 9.97 Å². The maximum atomic E-state index is 12.1. The number of hydrogen-bond donors (Lipinski definition) is 2. The van der Waals surface area contributed by atoms with Crippen molar-refractivity contribution in [3.63, 3.8) is 0 Å². The van der Waals surface area contributed by atoms with E-state index in [9.17, 15) is 4.79 Å². The summed E-state index contributed by atoms with van der Waals surface area (Å²) in [5.41, 5.74) is -0.0640. The first-order chi connectivity index (χ1) is 12.4. The second-order valence-electron chi connectivity index (χ2n) is 7.29. The van der Waals surface area contributed by atoms with Crippen LogP contribution in [0.5, 0.6) is 0 Å². The molecule has 140 valence electrons. The van der Waals surface area contributed by atoms with Gasteiger partial charge in [0.05, 0.1) is 12.7 Å². The van der Waals surface area contributed by atoms with Crippen molar-refractivity contribution in [2.24, 2.45) is 0 Å². The summed E-state index contributed by atoms with van der Waals surface area (Å²) >= 11 is 1.42. The van der Waals surface area contributed by atoms with Crippen molar-refractivity contribution < 1.29 is 9.21 Å². The Labute approximate surface area is 157 Å². The molecule has 0 bridgehead atoms. The van der Waals surface area contributed by atoms with Gasteiger partial charge in [-0.1, -0.05) is 32.1 Å². The molecule has 1 fully saturated rings. The number of carbonyl (C=O) groups excluding carboxylic acids is 1. The molecule has 0 aromatic carbocycles. The van der Waals surface area contributed by atoms with Crippen LogP contribution in [0.15, 0.2) is 16.8 Å². The van der Waals surface area contributed by atoms with Gasteiger partial charge in [0.25, 0.3) is 0 Å². The summed E-state index contributed by atoms with van der Waals surface area (Å²) in [5.74, 6) is 1.38. The molecule has 7 nitrogen and oxygen atoms in total. The number of anilines is 1. The Morgan fingerprint density at radius 2 is 2.08 bits per heavy atom. The summed E-state index contributed by atoms with van der Waals surface area (Å²) < 4.78 is 5.73. The van der Waals surface area contributed by atoms with Crippen molar-refractivity contribution in [3.8, 4) is 0 Å². The number of piperazine rings is 1. The largest absolute Gasteiger partial charge is 0.441 e. The molecule has 1 saturated heterocycles. The van der Waals surface area contributed by atoms with Gasteiger partial charge in [0.1, 0.15) is 5.76 Å². The van der Waals surface area contributed by atoms with Gasteiger partial charge in [0.15, 0.2) is 5.13 Å². The average Bonchev–Trinajstić information content (AvgIpc) is 3.22. The van der Waals surface area contributed by atoms with Crippen molar-refractivity contribution in [3.05, 3.63) is 28.9 Å². The van der Waals surface area contributed by atoms with Gasteiger partial charge in [-0.2, -0.15) is 0 Å². The number of nitrogens with zero attached hydrogens (tertiary/aromatic N) is 3. The molecule has 1 aliphatic rings. The maximum Gasteiger partial charge on any atom is 0.240 e. The van der Waals surface area contributed by atoms with Crippen molar-refractivity contribution >= 4 is 34.5 Å². The summed E-state index contributed by atoms with van der Waals surface area (Å²) in [5, 5.41) is 6.74. The lowest BCUT2D eigenvalue weighted by molar-refractivity contribution is -0.117. The molecule has 2 N–H and O–H groups in total. The minimum Gasteiger partial charge on any atom is -0.441 e. The zero-order chi connectivity index (χ0) is 18.6. The number of oxazole rings is 1. The third-order valence-electron chi connectivity index (χ3n) is 4.00. The van der Waals surface area contributed by atoms with Crippen LogP contribution in [0.25, 0.3) is 12.2 Å². The molecule has 3 heterocycles. The van der Waals surface area contributed by atoms with E-state index in [4.69, 9.17) is 4.42 Å². The highest BCUT2D eigenvalue weighted by molar-refractivity contribution is 7.16. The number of thiazole rings is 1. The molecule has 3 rings (SSSR count). The van der Waals surface area contributed by atoms with Crippen molar-refractivity contribution in [2.75, 3.05) is 38.0 Å². The number of nitrogens with one attached hydrogen (secondary N) is 2. The van der Waals surface area contributed by atoms with Crippen LogP contribution < -0.4 is 10.6 Å². The summed E-state index contributed by atoms with van der Waals surface area (Å²) in [4.78, 5) is 23.7. The highest BCUT2D eigenvalue weighted by atomic mass is 32.1. The molecule has 1 amide bonds. The molecule has 0 saturated carbocycles. The van der Waals surface area contributed by atoms with Gasteiger partial charge in [-0.3, -0.25) is 9.69 Å². The van der Waals surface area contributed by atoms with Crippen LogP contribution in [0.3, 0.4) is 0 Å². The predicted octanol–water partition coefficient (Wildman–Crippen LogP) is 2.44. The van der Waals surface area contributed by atoms with E-state index in [0.717, 1.165) is 36.8 Å². The second kappa shape index (κ2) is 8.11. The SMILES string of the molecule is CC(C)(C)c1cnc(C=Cc2cnc(NC(=O)CN3CCNCC3)s2)o1. The number of rotatable bonds is 5. The molecule has 8 heteroatoms. The topological polar surface area (TPSA) is 83.3 Å². The molecular weight excluding hydrogens is 350 g/mol. The lowest BCUT2D eigenvalue weighted by atomic mass is 9.94. The van der Waals surface area contributed by atoms with Gasteiger partial charge >= 0.3 is 0 Å². The number of carbonyl (C=O) groups is 1. The van der Waals surface area contributed by atoms with Gasteiger partial charge in [-0.05, 0) is 6.08 Å². The first kappa shape index (κ1) is 18.8. The Balaban J connectivity index is 1.54. The Bertz CT molecular complexity index is 769. The zero-order valence-electron chi connectivity index (χ0n) is 15.4. The van der Waals surface area contributed by atoms with Crippen molar-refractivity contribution in [2.45, 2.75) is 26.2 Å². The van der Waals surface area contributed by atoms with E-state index < -0.39 is 0 Å². The minimum atomic E-state index is -0.0640. The monoisotopic (exact) mass is 375 g/mol. The molecule has 0 aliphatic carbocycles. The summed E-state index contributed by atoms with van der Waals surface area (Å²) in [6.07, 6.45) is 7.19. The van der Waals surface area contributed by atoms with E-state index >= 15 is 0 Å². The quantitative estimate of drug-likeness (QED) is 0.835. The number of amides is 1. The van der Waals surface area contributed by atoms with Crippen LogP contribution >= 0.6 is 11.3 Å². The molecule has 2 aromatic rings. The van der Waals surface area contributed by atoms with Crippen LogP contribution in [0.1, 0.15) is 37.3 Å². The van der Waals surface area contributed by atoms with Crippen LogP contribution in [0.4, 0.5) is 5.13 Å². The number of hydrogen-bond acceptors (Lipinski definition) is 7. The third-order valence-corrected chi connectivity index (χ3v) is 4.88. The highest BCUT2D eigenvalue weighted by Gasteiger charge is 2.18. The Morgan fingerprint density at radius 3 is 2.77 bits per heavy atom. The van der Waals surface area contributed by atoms with Crippen molar-refractivity contribution in [1.29, 1.82) is 0 Å². The zero-order valence-corrected chi connectivity index (χ0v) is 16.2. The van der Waals surface area contributed by atoms with E-state index in [-0.39, 0.29) is 11.3 Å². The molecule has 0 unspecified atom stereocenters. The van der Waals surface area contributed by atoms with Crippen LogP contribution in [0.2, 0.25) is 0 Å². The van der Waals surface area contributed by atoms with Crippen LogP contribution in [0, 0.1) is 0 Å². The highest BCUT2D eigenvalue weighted by Crippen LogP contribution is 2.24. The smallest absolute Gasteiger partial charge is 0.240 e. The normalized spacial score (nSPS) is 16.3. The van der Waals surface area contributed by atoms with Gasteiger partial charge in [-0.15, -0.1) is 0 Å². The van der Waals surface area contributed by atoms with Crippen LogP contribution in [-0.2, 0) is 10.2 Å². The molecule has 1 aliphatic heterocycles. The lowest BCUT2D eigenvalue weighted by Crippen LogP contribution is -2.46. The summed E-state index contributed by atoms with van der Waals surface area (Å²) in [6.45, 7) is 10.3. The molecule has 26 heavy (non-hydrogen) atoms. The Morgan fingerprint density at radius 1 is 1.31 bits per heavy atom. The third kappa shape index (κ3) is 5.23. The van der Waals surface area contributed by atoms with Crippen LogP contribution in [-0.4, -0.2) is 53.5 Å². The van der Waals surface area contributed by atoms with Crippen molar-refractivity contribution in [1.82, 2.24) is 20.2 Å². The molecule has 0 atom stereocenters. The van der Waals surface area contributed by atoms with E-state index in [1.807, 2.05) is 12.2 Å². The number of aromatic nitrogens is 2. The molecular formula is C18H25N5O2S. The minimum absolute atomic E-state index is 0.0284. The second-order valence-corrected chi connectivity index (χ2v) is 8.35. The standard InChI is InChI=1S/C18H25N5O2S/c1-18(2,3)14-11-20-16(25-14)5-4-13-10-21-17(26-13)22-15(24)12-23-8-6-19-7-9-23/h4-5,10-11,19H,6-9,12H2,1-3H3,(H,21,22,24). The fraction of sp³-hybridized carbons (Fsp3) is 0.500. The van der Waals surface area contributed by atoms with E-state index in [2.05, 4.69) is 46.3 Å². The van der Waals surface area contributed by atoms with Gasteiger partial charge in [0.2, 0.25) is 11.8 Å². The summed E-state index contributed by atoms with van der Waals surface area (Å²) in [6, 6.07) is 0. The Kier molecular flexibility index (Phi) is 5.85. The fourth-order valence-electron chi connectivity index (χ4n) is 2.52. The average molecular weight is 375 g/mol. The summed E-state index contributed by atoms with van der Waals surface area (Å²) in [7, 11) is 0. The first-order valence-electron chi connectivity index (χ1n) is 8.73. The fourth-order valence-corrected chi connectivity index (χ4v) is 3.25. The van der Waals surface area contributed by atoms with E-state index in [0.29, 0.717) is 17.6 Å². The van der Waals surface area contributed by atoms with Gasteiger partial charge < -0.3 is 15.1 Å². The molecule has 2 aromatic heterocycles. The maximum absolute atomic E-state index is 12.1. The lowest BCUT2D eigenvalue weighted by Gasteiger charge is -2.26. The van der Waals surface area contributed by atoms with Gasteiger partial charge in [0, 0.05) is 48.7 Å². The molecule has 0 spiro atoms.